The monoisotopic (exact) mass is 472 g/mol. The van der Waals surface area contributed by atoms with E-state index in [4.69, 9.17) is 9.47 Å². The van der Waals surface area contributed by atoms with E-state index in [2.05, 4.69) is 45.3 Å². The first-order chi connectivity index (χ1) is 14.4. The second kappa shape index (κ2) is 8.60. The number of fused-ring (bicyclic) bond motifs is 1. The van der Waals surface area contributed by atoms with E-state index in [1.165, 1.54) is 5.56 Å². The highest BCUT2D eigenvalue weighted by molar-refractivity contribution is 9.10. The van der Waals surface area contributed by atoms with Crippen LogP contribution in [0.5, 0.6) is 11.5 Å². The molecule has 0 unspecified atom stereocenters. The topological polar surface area (TPSA) is 50.8 Å². The molecule has 2 aliphatic rings. The van der Waals surface area contributed by atoms with Gasteiger partial charge < -0.3 is 19.7 Å². The van der Waals surface area contributed by atoms with Crippen LogP contribution < -0.4 is 14.8 Å². The number of halogens is 1. The molecule has 30 heavy (non-hydrogen) atoms. The molecule has 6 heteroatoms. The third-order valence-corrected chi connectivity index (χ3v) is 7.30. The van der Waals surface area contributed by atoms with Crippen molar-refractivity contribution in [3.05, 3.63) is 58.1 Å². The van der Waals surface area contributed by atoms with E-state index in [0.29, 0.717) is 11.5 Å². The van der Waals surface area contributed by atoms with E-state index < -0.39 is 0 Å². The van der Waals surface area contributed by atoms with Gasteiger partial charge >= 0.3 is 0 Å². The Balaban J connectivity index is 1.53. The molecule has 1 aliphatic heterocycles. The van der Waals surface area contributed by atoms with Crippen LogP contribution in [0.2, 0.25) is 0 Å². The van der Waals surface area contributed by atoms with Crippen LogP contribution in [0, 0.1) is 5.92 Å². The molecule has 2 fully saturated rings. The number of hydrogen-bond acceptors (Lipinski definition) is 4. The molecule has 1 saturated heterocycles. The molecule has 5 nitrogen and oxygen atoms in total. The number of carbonyl (C=O) groups is 1. The van der Waals surface area contributed by atoms with Crippen molar-refractivity contribution in [2.45, 2.75) is 30.7 Å². The van der Waals surface area contributed by atoms with Gasteiger partial charge in [-0.25, -0.2) is 0 Å². The van der Waals surface area contributed by atoms with Crippen LogP contribution in [0.3, 0.4) is 0 Å². The zero-order valence-corrected chi connectivity index (χ0v) is 19.4. The molecule has 1 N–H and O–H groups in total. The third-order valence-electron chi connectivity index (χ3n) is 6.77. The van der Waals surface area contributed by atoms with Gasteiger partial charge in [-0.15, -0.1) is 0 Å². The number of ether oxygens (including phenoxy) is 2. The molecule has 1 amide bonds. The second-order valence-electron chi connectivity index (χ2n) is 8.57. The Bertz CT molecular complexity index is 917. The van der Waals surface area contributed by atoms with Crippen LogP contribution in [-0.2, 0) is 5.41 Å². The largest absolute Gasteiger partial charge is 0.493 e. The molecule has 0 radical (unpaired) electrons. The fraction of sp³-hybridized carbons (Fsp3) is 0.458. The number of rotatable bonds is 5. The average molecular weight is 473 g/mol. The Hall–Kier alpha value is -2.05. The standard InChI is InChI=1S/C24H29BrN2O3/c1-27-14-18-12-20(26-23(28)16-4-7-19(25)8-5-16)10-11-24(18,15-27)17-6-9-21(29-2)22(13-17)30-3/h4-9,13,18,20H,10-12,14-15H2,1-3H3,(H,26,28)/t18-,20+,24-/m1/s1. The van der Waals surface area contributed by atoms with Gasteiger partial charge in [0.25, 0.3) is 5.91 Å². The molecule has 1 saturated carbocycles. The van der Waals surface area contributed by atoms with Gasteiger partial charge in [0.1, 0.15) is 0 Å². The first-order valence-electron chi connectivity index (χ1n) is 10.4. The molecule has 2 aromatic rings. The summed E-state index contributed by atoms with van der Waals surface area (Å²) in [6.07, 6.45) is 3.00. The first-order valence-corrected chi connectivity index (χ1v) is 11.2. The second-order valence-corrected chi connectivity index (χ2v) is 9.49. The van der Waals surface area contributed by atoms with Crippen molar-refractivity contribution < 1.29 is 14.3 Å². The normalized spacial score (nSPS) is 26.1. The van der Waals surface area contributed by atoms with Crippen molar-refractivity contribution >= 4 is 21.8 Å². The van der Waals surface area contributed by atoms with Crippen LogP contribution in [0.15, 0.2) is 46.9 Å². The van der Waals surface area contributed by atoms with Crippen LogP contribution in [0.1, 0.15) is 35.2 Å². The van der Waals surface area contributed by atoms with E-state index in [9.17, 15) is 4.79 Å². The SMILES string of the molecule is COc1ccc([C@]23CC[C@H](NC(=O)c4ccc(Br)cc4)C[C@@H]2CN(C)C3)cc1OC. The average Bonchev–Trinajstić information content (AvgIpc) is 3.09. The van der Waals surface area contributed by atoms with Gasteiger partial charge in [-0.1, -0.05) is 22.0 Å². The number of methoxy groups -OCH3 is 2. The molecule has 0 spiro atoms. The van der Waals surface area contributed by atoms with Gasteiger partial charge in [0.05, 0.1) is 14.2 Å². The summed E-state index contributed by atoms with van der Waals surface area (Å²) >= 11 is 3.42. The highest BCUT2D eigenvalue weighted by atomic mass is 79.9. The van der Waals surface area contributed by atoms with Gasteiger partial charge in [-0.05, 0) is 74.2 Å². The molecule has 0 bridgehead atoms. The highest BCUT2D eigenvalue weighted by Crippen LogP contribution is 2.49. The minimum absolute atomic E-state index is 0.0115. The highest BCUT2D eigenvalue weighted by Gasteiger charge is 2.50. The lowest BCUT2D eigenvalue weighted by Crippen LogP contribution is -2.47. The molecule has 0 aromatic heterocycles. The summed E-state index contributed by atoms with van der Waals surface area (Å²) < 4.78 is 12.0. The summed E-state index contributed by atoms with van der Waals surface area (Å²) in [6.45, 7) is 2.07. The predicted octanol–water partition coefficient (Wildman–Crippen LogP) is 4.25. The molecule has 1 heterocycles. The van der Waals surface area contributed by atoms with E-state index >= 15 is 0 Å². The number of benzene rings is 2. The number of hydrogen-bond donors (Lipinski definition) is 1. The van der Waals surface area contributed by atoms with Crippen molar-refractivity contribution in [2.24, 2.45) is 5.92 Å². The maximum absolute atomic E-state index is 12.7. The van der Waals surface area contributed by atoms with Crippen molar-refractivity contribution in [1.29, 1.82) is 0 Å². The zero-order valence-electron chi connectivity index (χ0n) is 17.8. The summed E-state index contributed by atoms with van der Waals surface area (Å²) in [6, 6.07) is 14.1. The Labute approximate surface area is 186 Å². The van der Waals surface area contributed by atoms with E-state index in [1.807, 2.05) is 30.3 Å². The lowest BCUT2D eigenvalue weighted by molar-refractivity contribution is 0.0904. The minimum Gasteiger partial charge on any atom is -0.493 e. The van der Waals surface area contributed by atoms with Crippen molar-refractivity contribution in [2.75, 3.05) is 34.4 Å². The summed E-state index contributed by atoms with van der Waals surface area (Å²) in [7, 11) is 5.55. The predicted molar refractivity (Wildman–Crippen MR) is 121 cm³/mol. The van der Waals surface area contributed by atoms with Crippen molar-refractivity contribution in [3.63, 3.8) is 0 Å². The van der Waals surface area contributed by atoms with Gasteiger partial charge in [-0.3, -0.25) is 4.79 Å². The Morgan fingerprint density at radius 3 is 2.57 bits per heavy atom. The Kier molecular flexibility index (Phi) is 6.07. The zero-order chi connectivity index (χ0) is 21.3. The van der Waals surface area contributed by atoms with E-state index in [1.54, 1.807) is 14.2 Å². The number of nitrogens with zero attached hydrogens (tertiary/aromatic N) is 1. The van der Waals surface area contributed by atoms with Crippen LogP contribution >= 0.6 is 15.9 Å². The quantitative estimate of drug-likeness (QED) is 0.706. The van der Waals surface area contributed by atoms with Gasteiger partial charge in [0.15, 0.2) is 11.5 Å². The maximum Gasteiger partial charge on any atom is 0.251 e. The van der Waals surface area contributed by atoms with Crippen molar-refractivity contribution in [1.82, 2.24) is 10.2 Å². The lowest BCUT2D eigenvalue weighted by Gasteiger charge is -2.43. The lowest BCUT2D eigenvalue weighted by atomic mass is 9.63. The summed E-state index contributed by atoms with van der Waals surface area (Å²) in [4.78, 5) is 15.1. The fourth-order valence-corrected chi connectivity index (χ4v) is 5.59. The number of amides is 1. The first kappa shape index (κ1) is 21.2. The van der Waals surface area contributed by atoms with E-state index in [-0.39, 0.29) is 17.4 Å². The Morgan fingerprint density at radius 1 is 1.13 bits per heavy atom. The molecule has 160 valence electrons. The smallest absolute Gasteiger partial charge is 0.251 e. The minimum atomic E-state index is 0.0115. The van der Waals surface area contributed by atoms with Crippen LogP contribution in [0.4, 0.5) is 0 Å². The van der Waals surface area contributed by atoms with Crippen molar-refractivity contribution in [3.8, 4) is 11.5 Å². The molecule has 1 aliphatic carbocycles. The molecular weight excluding hydrogens is 444 g/mol. The molecular formula is C24H29BrN2O3. The third kappa shape index (κ3) is 3.95. The molecule has 3 atom stereocenters. The summed E-state index contributed by atoms with van der Waals surface area (Å²) in [5.41, 5.74) is 2.11. The summed E-state index contributed by atoms with van der Waals surface area (Å²) in [5.74, 6) is 2.04. The number of likely N-dealkylation sites (N-methyl/N-ethyl adjacent to an activating group) is 1. The van der Waals surface area contributed by atoms with Gasteiger partial charge in [-0.2, -0.15) is 0 Å². The number of nitrogens with one attached hydrogen (secondary N) is 1. The van der Waals surface area contributed by atoms with Crippen LogP contribution in [0.25, 0.3) is 0 Å². The Morgan fingerprint density at radius 2 is 1.87 bits per heavy atom. The fourth-order valence-electron chi connectivity index (χ4n) is 5.32. The summed E-state index contributed by atoms with van der Waals surface area (Å²) in [5, 5.41) is 3.27. The number of carbonyl (C=O) groups excluding carboxylic acids is 1. The van der Waals surface area contributed by atoms with Gasteiger partial charge in [0, 0.05) is 34.6 Å². The van der Waals surface area contributed by atoms with Gasteiger partial charge in [0.2, 0.25) is 0 Å². The molecule has 4 rings (SSSR count). The molecule has 2 aromatic carbocycles. The number of likely N-dealkylation sites (tertiary alicyclic amines) is 1. The maximum atomic E-state index is 12.7. The van der Waals surface area contributed by atoms with Crippen LogP contribution in [-0.4, -0.2) is 51.2 Å². The van der Waals surface area contributed by atoms with E-state index in [0.717, 1.165) is 48.3 Å².